The Morgan fingerprint density at radius 1 is 1.31 bits per heavy atom. The monoisotopic (exact) mass is 394 g/mol. The molecule has 0 fully saturated rings. The lowest BCUT2D eigenvalue weighted by molar-refractivity contribution is 0.0955. The van der Waals surface area contributed by atoms with E-state index >= 15 is 0 Å². The van der Waals surface area contributed by atoms with Gasteiger partial charge in [0.05, 0.1) is 21.5 Å². The third-order valence-electron chi connectivity index (χ3n) is 3.44. The number of anilines is 1. The molecule has 0 saturated carbocycles. The number of benzene rings is 1. The summed E-state index contributed by atoms with van der Waals surface area (Å²) in [5, 5.41) is 19.8. The van der Waals surface area contributed by atoms with Gasteiger partial charge in [-0.3, -0.25) is 4.79 Å². The van der Waals surface area contributed by atoms with Crippen molar-refractivity contribution in [3.63, 3.8) is 0 Å². The summed E-state index contributed by atoms with van der Waals surface area (Å²) in [6.45, 7) is 3.41. The predicted octanol–water partition coefficient (Wildman–Crippen LogP) is 2.00. The van der Waals surface area contributed by atoms with Crippen LogP contribution in [0, 0.1) is 6.92 Å². The summed E-state index contributed by atoms with van der Waals surface area (Å²) in [5.41, 5.74) is 9.86. The Morgan fingerprint density at radius 3 is 2.73 bits per heavy atom. The number of carbonyl (C=O) groups excluding carboxylic acids is 1. The van der Waals surface area contributed by atoms with E-state index in [0.717, 1.165) is 0 Å². The van der Waals surface area contributed by atoms with Gasteiger partial charge >= 0.3 is 0 Å². The third kappa shape index (κ3) is 3.37. The summed E-state index contributed by atoms with van der Waals surface area (Å²) in [4.78, 5) is 12.2. The van der Waals surface area contributed by atoms with Gasteiger partial charge in [0.2, 0.25) is 11.6 Å². The van der Waals surface area contributed by atoms with Crippen LogP contribution < -0.4 is 11.2 Å². The van der Waals surface area contributed by atoms with Gasteiger partial charge in [0.25, 0.3) is 5.91 Å². The van der Waals surface area contributed by atoms with Crippen molar-refractivity contribution in [2.45, 2.75) is 13.8 Å². The van der Waals surface area contributed by atoms with E-state index < -0.39 is 5.91 Å². The molecule has 10 nitrogen and oxygen atoms in total. The van der Waals surface area contributed by atoms with Gasteiger partial charge < -0.3 is 5.73 Å². The second-order valence-corrected chi connectivity index (χ2v) is 5.99. The number of rotatable bonds is 4. The molecule has 0 aliphatic heterocycles. The molecule has 0 saturated heterocycles. The smallest absolute Gasteiger partial charge is 0.271 e. The number of halogens is 2. The molecule has 0 spiro atoms. The number of amides is 1. The molecule has 12 heteroatoms. The molecule has 0 radical (unpaired) electrons. The van der Waals surface area contributed by atoms with Crippen molar-refractivity contribution in [2.24, 2.45) is 5.10 Å². The van der Waals surface area contributed by atoms with Gasteiger partial charge in [-0.05, 0) is 42.4 Å². The van der Waals surface area contributed by atoms with Crippen LogP contribution in [-0.2, 0) is 0 Å². The number of nitrogens with two attached hydrogens (primary N) is 1. The van der Waals surface area contributed by atoms with Gasteiger partial charge in [0.1, 0.15) is 5.69 Å². The lowest BCUT2D eigenvalue weighted by Crippen LogP contribution is -2.19. The summed E-state index contributed by atoms with van der Waals surface area (Å²) in [5.74, 6) is -0.154. The molecule has 0 atom stereocenters. The fourth-order valence-corrected chi connectivity index (χ4v) is 2.39. The van der Waals surface area contributed by atoms with Crippen molar-refractivity contribution in [1.82, 2.24) is 30.7 Å². The molecule has 3 N–H and O–H groups in total. The van der Waals surface area contributed by atoms with E-state index in [1.807, 2.05) is 0 Å². The number of hydrogen-bond acceptors (Lipinski definition) is 8. The van der Waals surface area contributed by atoms with Gasteiger partial charge in [0, 0.05) is 5.56 Å². The van der Waals surface area contributed by atoms with Crippen molar-refractivity contribution >= 4 is 40.6 Å². The van der Waals surface area contributed by atoms with Gasteiger partial charge in [0.15, 0.2) is 0 Å². The first kappa shape index (κ1) is 17.8. The number of hydrogen-bond donors (Lipinski definition) is 2. The summed E-state index contributed by atoms with van der Waals surface area (Å²) in [6, 6.07) is 4.52. The van der Waals surface area contributed by atoms with Crippen LogP contribution in [-0.4, -0.2) is 36.9 Å². The molecule has 26 heavy (non-hydrogen) atoms. The largest absolute Gasteiger partial charge is 0.378 e. The van der Waals surface area contributed by atoms with Crippen LogP contribution in [0.15, 0.2) is 27.9 Å². The van der Waals surface area contributed by atoms with Crippen molar-refractivity contribution in [1.29, 1.82) is 0 Å². The SMILES string of the molecule is C/C(=N/NC(=O)c1ccc(Cl)c(Cl)c1)c1nnn(-c2nonc2N)c1C. The zero-order valence-electron chi connectivity index (χ0n) is 13.6. The fraction of sp³-hybridized carbons (Fsp3) is 0.143. The summed E-state index contributed by atoms with van der Waals surface area (Å²) in [6.07, 6.45) is 0. The van der Waals surface area contributed by atoms with Crippen molar-refractivity contribution in [3.05, 3.63) is 45.2 Å². The number of aromatic nitrogens is 5. The maximum atomic E-state index is 12.2. The zero-order valence-corrected chi connectivity index (χ0v) is 15.1. The average molecular weight is 395 g/mol. The summed E-state index contributed by atoms with van der Waals surface area (Å²) >= 11 is 11.7. The average Bonchev–Trinajstić information content (AvgIpc) is 3.20. The molecule has 2 aromatic heterocycles. The number of nitrogen functional groups attached to an aromatic ring is 1. The van der Waals surface area contributed by atoms with E-state index in [2.05, 4.69) is 35.8 Å². The number of hydrazone groups is 1. The van der Waals surface area contributed by atoms with E-state index in [4.69, 9.17) is 28.9 Å². The fourth-order valence-electron chi connectivity index (χ4n) is 2.09. The van der Waals surface area contributed by atoms with Crippen LogP contribution in [0.5, 0.6) is 0 Å². The van der Waals surface area contributed by atoms with E-state index in [9.17, 15) is 4.79 Å². The van der Waals surface area contributed by atoms with Crippen molar-refractivity contribution in [3.8, 4) is 5.82 Å². The molecule has 134 valence electrons. The molecule has 2 heterocycles. The molecule has 1 amide bonds. The highest BCUT2D eigenvalue weighted by atomic mass is 35.5. The molecular formula is C14H12Cl2N8O2. The molecule has 0 bridgehead atoms. The summed E-state index contributed by atoms with van der Waals surface area (Å²) in [7, 11) is 0. The molecule has 1 aromatic carbocycles. The highest BCUT2D eigenvalue weighted by Crippen LogP contribution is 2.22. The Hall–Kier alpha value is -2.98. The van der Waals surface area contributed by atoms with E-state index in [-0.39, 0.29) is 16.7 Å². The standard InChI is InChI=1S/C14H12Cl2N8O2/c1-6(18-20-14(25)8-3-4-9(15)10(16)5-8)11-7(2)24(23-19-11)13-12(17)21-26-22-13/h3-5H,1-2H3,(H2,17,21)(H,20,25)/b18-6-. The van der Waals surface area contributed by atoms with Gasteiger partial charge in [-0.15, -0.1) is 5.10 Å². The van der Waals surface area contributed by atoms with Crippen molar-refractivity contribution in [2.75, 3.05) is 5.73 Å². The van der Waals surface area contributed by atoms with Gasteiger partial charge in [-0.1, -0.05) is 28.4 Å². The van der Waals surface area contributed by atoms with Gasteiger partial charge in [-0.2, -0.15) is 9.78 Å². The lowest BCUT2D eigenvalue weighted by Gasteiger charge is -2.03. The minimum absolute atomic E-state index is 0.0760. The maximum absolute atomic E-state index is 12.2. The topological polar surface area (TPSA) is 137 Å². The number of nitrogens with one attached hydrogen (secondary N) is 1. The maximum Gasteiger partial charge on any atom is 0.271 e. The van der Waals surface area contributed by atoms with Crippen LogP contribution in [0.25, 0.3) is 5.82 Å². The van der Waals surface area contributed by atoms with Crippen LogP contribution in [0.1, 0.15) is 28.7 Å². The first-order valence-electron chi connectivity index (χ1n) is 7.19. The Morgan fingerprint density at radius 2 is 2.08 bits per heavy atom. The Kier molecular flexibility index (Phi) is 4.87. The van der Waals surface area contributed by atoms with E-state index in [1.54, 1.807) is 13.8 Å². The Labute approximate surface area is 156 Å². The number of carbonyl (C=O) groups is 1. The minimum Gasteiger partial charge on any atom is -0.378 e. The van der Waals surface area contributed by atoms with Gasteiger partial charge in [-0.25, -0.2) is 10.1 Å². The van der Waals surface area contributed by atoms with Crippen LogP contribution in [0.4, 0.5) is 5.82 Å². The van der Waals surface area contributed by atoms with E-state index in [1.165, 1.54) is 22.9 Å². The minimum atomic E-state index is -0.446. The zero-order chi connectivity index (χ0) is 18.8. The molecule has 0 aliphatic rings. The quantitative estimate of drug-likeness (QED) is 0.509. The molecule has 3 aromatic rings. The van der Waals surface area contributed by atoms with Crippen LogP contribution in [0.2, 0.25) is 10.0 Å². The Balaban J connectivity index is 1.80. The first-order valence-corrected chi connectivity index (χ1v) is 7.95. The second kappa shape index (κ2) is 7.10. The number of nitrogens with zero attached hydrogens (tertiary/aromatic N) is 6. The summed E-state index contributed by atoms with van der Waals surface area (Å²) < 4.78 is 5.91. The van der Waals surface area contributed by atoms with Crippen molar-refractivity contribution < 1.29 is 9.42 Å². The normalized spacial score (nSPS) is 11.6. The lowest BCUT2D eigenvalue weighted by atomic mass is 10.2. The molecule has 0 unspecified atom stereocenters. The second-order valence-electron chi connectivity index (χ2n) is 5.18. The first-order chi connectivity index (χ1) is 12.4. The highest BCUT2D eigenvalue weighted by Gasteiger charge is 2.18. The third-order valence-corrected chi connectivity index (χ3v) is 4.18. The predicted molar refractivity (Wildman–Crippen MR) is 94.5 cm³/mol. The molecule has 3 rings (SSSR count). The highest BCUT2D eigenvalue weighted by molar-refractivity contribution is 6.42. The Bertz CT molecular complexity index is 1010. The molecule has 0 aliphatic carbocycles. The van der Waals surface area contributed by atoms with Crippen LogP contribution in [0.3, 0.4) is 0 Å². The molecular weight excluding hydrogens is 383 g/mol. The van der Waals surface area contributed by atoms with Crippen LogP contribution >= 0.6 is 23.2 Å². The van der Waals surface area contributed by atoms with E-state index in [0.29, 0.717) is 27.7 Å².